The number of fused-ring (bicyclic) bond motifs is 1. The van der Waals surface area contributed by atoms with E-state index in [1.165, 1.54) is 0 Å². The quantitative estimate of drug-likeness (QED) is 0.804. The van der Waals surface area contributed by atoms with Crippen LogP contribution in [0.2, 0.25) is 0 Å². The fourth-order valence-corrected chi connectivity index (χ4v) is 1.28. The summed E-state index contributed by atoms with van der Waals surface area (Å²) in [5, 5.41) is 18.2. The van der Waals surface area contributed by atoms with Crippen molar-refractivity contribution in [1.29, 1.82) is 0 Å². The topological polar surface area (TPSA) is 75.5 Å². The van der Waals surface area contributed by atoms with Gasteiger partial charge in [0.05, 0.1) is 10.9 Å². The summed E-state index contributed by atoms with van der Waals surface area (Å²) < 4.78 is 39.5. The van der Waals surface area contributed by atoms with Gasteiger partial charge in [-0.15, -0.1) is 13.2 Å². The fraction of sp³-hybridized carbons (Fsp3) is 0.111. The average Bonchev–Trinajstić information content (AvgIpc) is 2.16. The number of nitrogens with zero attached hydrogens (tertiary/aromatic N) is 2. The Morgan fingerprint density at radius 1 is 1.12 bits per heavy atom. The molecule has 0 aliphatic carbocycles. The maximum Gasteiger partial charge on any atom is 0.573 e. The molecule has 1 aromatic carbocycles. The Labute approximate surface area is 92.1 Å². The molecule has 17 heavy (non-hydrogen) atoms. The first-order valence-corrected chi connectivity index (χ1v) is 4.30. The number of alkyl halides is 3. The van der Waals surface area contributed by atoms with Gasteiger partial charge in [-0.05, 0) is 18.2 Å². The van der Waals surface area contributed by atoms with Gasteiger partial charge >= 0.3 is 12.4 Å². The van der Waals surface area contributed by atoms with Crippen LogP contribution in [0, 0.1) is 0 Å². The summed E-state index contributed by atoms with van der Waals surface area (Å²) in [6.07, 6.45) is -4.82. The van der Waals surface area contributed by atoms with E-state index >= 15 is 0 Å². The monoisotopic (exact) mass is 246 g/mol. The van der Waals surface area contributed by atoms with Gasteiger partial charge in [0.15, 0.2) is 0 Å². The van der Waals surface area contributed by atoms with Crippen LogP contribution in [-0.2, 0) is 0 Å². The Kier molecular flexibility index (Phi) is 2.41. The summed E-state index contributed by atoms with van der Waals surface area (Å²) in [7, 11) is 0. The number of hydrogen-bond donors (Lipinski definition) is 2. The molecule has 1 heterocycles. The molecule has 0 saturated carbocycles. The lowest BCUT2D eigenvalue weighted by Crippen LogP contribution is -2.17. The van der Waals surface area contributed by atoms with E-state index in [-0.39, 0.29) is 10.9 Å². The third-order valence-corrected chi connectivity index (χ3v) is 1.87. The van der Waals surface area contributed by atoms with E-state index in [1.807, 2.05) is 0 Å². The van der Waals surface area contributed by atoms with Crippen LogP contribution in [0.1, 0.15) is 0 Å². The Balaban J connectivity index is 2.51. The summed E-state index contributed by atoms with van der Waals surface area (Å²) in [4.78, 5) is 6.72. The Hall–Kier alpha value is -2.25. The van der Waals surface area contributed by atoms with E-state index in [4.69, 9.17) is 5.11 Å². The number of aromatic nitrogens is 2. The zero-order valence-electron chi connectivity index (χ0n) is 8.06. The highest BCUT2D eigenvalue weighted by molar-refractivity contribution is 5.84. The summed E-state index contributed by atoms with van der Waals surface area (Å²) in [6.45, 7) is 0. The highest BCUT2D eigenvalue weighted by Crippen LogP contribution is 2.30. The second-order valence-electron chi connectivity index (χ2n) is 3.07. The molecule has 0 saturated heterocycles. The molecule has 2 N–H and O–H groups in total. The molecule has 0 amide bonds. The van der Waals surface area contributed by atoms with Crippen molar-refractivity contribution in [1.82, 2.24) is 9.97 Å². The molecule has 8 heteroatoms. The first kappa shape index (κ1) is 11.2. The van der Waals surface area contributed by atoms with Gasteiger partial charge in [0.25, 0.3) is 0 Å². The second-order valence-corrected chi connectivity index (χ2v) is 3.07. The van der Waals surface area contributed by atoms with Crippen molar-refractivity contribution in [2.24, 2.45) is 0 Å². The van der Waals surface area contributed by atoms with Crippen molar-refractivity contribution in [3.63, 3.8) is 0 Å². The summed E-state index contributed by atoms with van der Waals surface area (Å²) >= 11 is 0. The Bertz CT molecular complexity index is 571. The van der Waals surface area contributed by atoms with Gasteiger partial charge in [0, 0.05) is 0 Å². The van der Waals surface area contributed by atoms with Crippen LogP contribution < -0.4 is 4.74 Å². The van der Waals surface area contributed by atoms with E-state index in [0.717, 1.165) is 18.2 Å². The maximum atomic E-state index is 12.0. The Morgan fingerprint density at radius 3 is 2.47 bits per heavy atom. The van der Waals surface area contributed by atoms with Gasteiger partial charge in [-0.2, -0.15) is 9.97 Å². The van der Waals surface area contributed by atoms with Crippen LogP contribution in [0.3, 0.4) is 0 Å². The van der Waals surface area contributed by atoms with Crippen molar-refractivity contribution < 1.29 is 28.1 Å². The normalized spacial score (nSPS) is 11.7. The van der Waals surface area contributed by atoms with Crippen LogP contribution in [0.25, 0.3) is 10.9 Å². The standard InChI is InChI=1S/C9H5F3N2O3/c10-9(11,12)17-4-1-2-6-5(3-4)7(15)14-8(16)13-6/h1-3H,(H2,13,14,15,16). The van der Waals surface area contributed by atoms with Crippen LogP contribution in [-0.4, -0.2) is 26.5 Å². The van der Waals surface area contributed by atoms with E-state index < -0.39 is 24.0 Å². The SMILES string of the molecule is Oc1nc(O)c2cc(OC(F)(F)F)ccc2n1. The molecule has 0 aliphatic heterocycles. The molecule has 0 atom stereocenters. The molecule has 0 spiro atoms. The second kappa shape index (κ2) is 3.65. The lowest BCUT2D eigenvalue weighted by molar-refractivity contribution is -0.274. The molecule has 0 fully saturated rings. The molecule has 0 bridgehead atoms. The number of hydrogen-bond acceptors (Lipinski definition) is 5. The molecular weight excluding hydrogens is 241 g/mol. The highest BCUT2D eigenvalue weighted by Gasteiger charge is 2.31. The molecule has 2 aromatic rings. The molecule has 1 aromatic heterocycles. The minimum absolute atomic E-state index is 0.0513. The third-order valence-electron chi connectivity index (χ3n) is 1.87. The zero-order chi connectivity index (χ0) is 12.6. The summed E-state index contributed by atoms with van der Waals surface area (Å²) in [5.74, 6) is -1.13. The van der Waals surface area contributed by atoms with Gasteiger partial charge < -0.3 is 14.9 Å². The Morgan fingerprint density at radius 2 is 1.82 bits per heavy atom. The van der Waals surface area contributed by atoms with Crippen molar-refractivity contribution in [3.8, 4) is 17.6 Å². The number of aromatic hydroxyl groups is 2. The lowest BCUT2D eigenvalue weighted by Gasteiger charge is -2.09. The molecular formula is C9H5F3N2O3. The van der Waals surface area contributed by atoms with Gasteiger partial charge in [0.2, 0.25) is 5.88 Å². The van der Waals surface area contributed by atoms with E-state index in [9.17, 15) is 18.3 Å². The van der Waals surface area contributed by atoms with Gasteiger partial charge in [-0.25, -0.2) is 0 Å². The average molecular weight is 246 g/mol. The van der Waals surface area contributed by atoms with Crippen molar-refractivity contribution in [3.05, 3.63) is 18.2 Å². The van der Waals surface area contributed by atoms with E-state index in [1.54, 1.807) is 0 Å². The van der Waals surface area contributed by atoms with Crippen LogP contribution in [0.15, 0.2) is 18.2 Å². The van der Waals surface area contributed by atoms with Gasteiger partial charge in [0.1, 0.15) is 5.75 Å². The zero-order valence-corrected chi connectivity index (χ0v) is 8.06. The molecule has 5 nitrogen and oxygen atoms in total. The maximum absolute atomic E-state index is 12.0. The first-order chi connectivity index (χ1) is 7.85. The van der Waals surface area contributed by atoms with E-state index in [2.05, 4.69) is 14.7 Å². The summed E-state index contributed by atoms with van der Waals surface area (Å²) in [6, 6.07) is 2.44. The predicted molar refractivity (Wildman–Crippen MR) is 49.6 cm³/mol. The molecule has 0 unspecified atom stereocenters. The van der Waals surface area contributed by atoms with Gasteiger partial charge in [-0.1, -0.05) is 0 Å². The van der Waals surface area contributed by atoms with Crippen LogP contribution >= 0.6 is 0 Å². The predicted octanol–water partition coefficient (Wildman–Crippen LogP) is 1.94. The van der Waals surface area contributed by atoms with Crippen LogP contribution in [0.5, 0.6) is 17.6 Å². The number of rotatable bonds is 1. The fourth-order valence-electron chi connectivity index (χ4n) is 1.28. The van der Waals surface area contributed by atoms with E-state index in [0.29, 0.717) is 0 Å². The molecule has 0 radical (unpaired) electrons. The molecule has 2 rings (SSSR count). The smallest absolute Gasteiger partial charge is 0.493 e. The summed E-state index contributed by atoms with van der Waals surface area (Å²) in [5.41, 5.74) is 0.101. The molecule has 0 aliphatic rings. The van der Waals surface area contributed by atoms with Crippen molar-refractivity contribution in [2.75, 3.05) is 0 Å². The first-order valence-electron chi connectivity index (χ1n) is 4.30. The number of ether oxygens (including phenoxy) is 1. The highest BCUT2D eigenvalue weighted by atomic mass is 19.4. The minimum atomic E-state index is -4.82. The van der Waals surface area contributed by atoms with Crippen molar-refractivity contribution >= 4 is 10.9 Å². The number of benzene rings is 1. The van der Waals surface area contributed by atoms with Crippen molar-refractivity contribution in [2.45, 2.75) is 6.36 Å². The minimum Gasteiger partial charge on any atom is -0.493 e. The lowest BCUT2D eigenvalue weighted by atomic mass is 10.2. The number of halogens is 3. The molecule has 90 valence electrons. The third kappa shape index (κ3) is 2.47. The largest absolute Gasteiger partial charge is 0.573 e. The van der Waals surface area contributed by atoms with Gasteiger partial charge in [-0.3, -0.25) is 0 Å². The van der Waals surface area contributed by atoms with Crippen LogP contribution in [0.4, 0.5) is 13.2 Å².